The van der Waals surface area contributed by atoms with Gasteiger partial charge in [0.15, 0.2) is 0 Å². The largest absolute Gasteiger partial charge is 0.506 e. The number of allylic oxidation sites excluding steroid dienone is 3. The first-order valence-corrected chi connectivity index (χ1v) is 8.80. The summed E-state index contributed by atoms with van der Waals surface area (Å²) in [5.74, 6) is 0.0625. The van der Waals surface area contributed by atoms with Gasteiger partial charge in [0, 0.05) is 18.8 Å². The lowest BCUT2D eigenvalue weighted by atomic mass is 10.1. The molecular formula is C20H28FN3O2. The number of halogens is 1. The fourth-order valence-corrected chi connectivity index (χ4v) is 2.69. The quantitative estimate of drug-likeness (QED) is 0.210. The normalized spacial score (nSPS) is 14.7. The van der Waals surface area contributed by atoms with Crippen LogP contribution in [0.2, 0.25) is 0 Å². The molecule has 0 aromatic heterocycles. The number of aromatic hydroxyl groups is 1. The van der Waals surface area contributed by atoms with E-state index in [1.54, 1.807) is 6.07 Å². The molecule has 0 saturated heterocycles. The van der Waals surface area contributed by atoms with Crippen LogP contribution in [-0.2, 0) is 11.4 Å². The zero-order valence-electron chi connectivity index (χ0n) is 15.4. The zero-order valence-corrected chi connectivity index (χ0v) is 15.4. The monoisotopic (exact) mass is 361 g/mol. The summed E-state index contributed by atoms with van der Waals surface area (Å²) < 4.78 is 14.2. The summed E-state index contributed by atoms with van der Waals surface area (Å²) in [6, 6.07) is 2.97. The summed E-state index contributed by atoms with van der Waals surface area (Å²) in [7, 11) is 1.46. The number of phenolic OH excluding ortho intramolecular Hbond substituents is 1. The van der Waals surface area contributed by atoms with Crippen LogP contribution in [0.4, 0.5) is 10.1 Å². The Labute approximate surface area is 154 Å². The molecule has 1 aromatic carbocycles. The van der Waals surface area contributed by atoms with Gasteiger partial charge in [-0.25, -0.2) is 4.39 Å². The number of nitrogens with one attached hydrogen (secondary N) is 3. The first kappa shape index (κ1) is 20.0. The van der Waals surface area contributed by atoms with Gasteiger partial charge in [-0.3, -0.25) is 10.3 Å². The van der Waals surface area contributed by atoms with Gasteiger partial charge in [-0.05, 0) is 49.0 Å². The predicted molar refractivity (Wildman–Crippen MR) is 103 cm³/mol. The zero-order chi connectivity index (χ0) is 18.9. The Balaban J connectivity index is 1.88. The third-order valence-electron chi connectivity index (χ3n) is 4.07. The van der Waals surface area contributed by atoms with E-state index < -0.39 is 5.82 Å². The van der Waals surface area contributed by atoms with Crippen LogP contribution in [0.25, 0.3) is 0 Å². The Morgan fingerprint density at radius 2 is 2.19 bits per heavy atom. The molecule has 2 rings (SSSR count). The van der Waals surface area contributed by atoms with Crippen molar-refractivity contribution in [3.05, 3.63) is 59.6 Å². The number of hydroxylamine groups is 1. The predicted octanol–water partition coefficient (Wildman–Crippen LogP) is 3.61. The van der Waals surface area contributed by atoms with Gasteiger partial charge in [-0.15, -0.1) is 0 Å². The molecule has 1 aliphatic carbocycles. The Morgan fingerprint density at radius 1 is 1.42 bits per heavy atom. The highest BCUT2D eigenvalue weighted by atomic mass is 19.1. The Morgan fingerprint density at radius 3 is 2.81 bits per heavy atom. The molecule has 5 nitrogen and oxygen atoms in total. The summed E-state index contributed by atoms with van der Waals surface area (Å²) in [4.78, 5) is 4.71. The minimum absolute atomic E-state index is 0.0526. The molecule has 0 unspecified atom stereocenters. The average Bonchev–Trinajstić information content (AvgIpc) is 3.42. The van der Waals surface area contributed by atoms with Crippen LogP contribution >= 0.6 is 0 Å². The van der Waals surface area contributed by atoms with Crippen LogP contribution in [0.15, 0.2) is 48.2 Å². The number of benzene rings is 1. The number of hydrogen-bond acceptors (Lipinski definition) is 5. The molecule has 1 fully saturated rings. The van der Waals surface area contributed by atoms with Crippen LogP contribution in [0, 0.1) is 11.7 Å². The van der Waals surface area contributed by atoms with Crippen LogP contribution in [0.3, 0.4) is 0 Å². The summed E-state index contributed by atoms with van der Waals surface area (Å²) in [6.45, 7) is 7.15. The van der Waals surface area contributed by atoms with E-state index in [0.29, 0.717) is 30.3 Å². The van der Waals surface area contributed by atoms with Crippen molar-refractivity contribution < 1.29 is 14.3 Å². The SMILES string of the molecule is C=C(CNc1c(O)cc(CNC/C=C(\C=C/C)C2CC2)cc1F)NOC. The number of hydrogen-bond donors (Lipinski definition) is 4. The second kappa shape index (κ2) is 9.99. The molecule has 0 aliphatic heterocycles. The van der Waals surface area contributed by atoms with E-state index in [1.807, 2.05) is 6.92 Å². The lowest BCUT2D eigenvalue weighted by Crippen LogP contribution is -2.18. The van der Waals surface area contributed by atoms with Crippen LogP contribution < -0.4 is 16.1 Å². The summed E-state index contributed by atoms with van der Waals surface area (Å²) in [5, 5.41) is 16.1. The van der Waals surface area contributed by atoms with Gasteiger partial charge in [0.1, 0.15) is 17.3 Å². The molecule has 1 saturated carbocycles. The van der Waals surface area contributed by atoms with Crippen molar-refractivity contribution in [3.63, 3.8) is 0 Å². The minimum atomic E-state index is -0.504. The highest BCUT2D eigenvalue weighted by molar-refractivity contribution is 5.58. The number of phenols is 1. The molecule has 0 atom stereocenters. The van der Waals surface area contributed by atoms with Gasteiger partial charge in [0.2, 0.25) is 0 Å². The van der Waals surface area contributed by atoms with Crippen molar-refractivity contribution in [2.45, 2.75) is 26.3 Å². The summed E-state index contributed by atoms with van der Waals surface area (Å²) in [5.41, 5.74) is 5.17. The lowest BCUT2D eigenvalue weighted by Gasteiger charge is -2.13. The highest BCUT2D eigenvalue weighted by Crippen LogP contribution is 2.36. The standard InChI is InChI=1S/C20H28FN3O2/c1-4-5-16(17-6-7-17)8-9-22-13-15-10-18(21)20(19(25)11-15)23-12-14(2)24-26-3/h4-5,8,10-11,17,22-25H,2,6-7,9,12-13H2,1,3H3/b5-4-,16-8+. The molecular weight excluding hydrogens is 333 g/mol. The van der Waals surface area contributed by atoms with Crippen molar-refractivity contribution >= 4 is 5.69 Å². The van der Waals surface area contributed by atoms with E-state index in [9.17, 15) is 9.50 Å². The van der Waals surface area contributed by atoms with Gasteiger partial charge < -0.3 is 15.7 Å². The molecule has 0 heterocycles. The maximum atomic E-state index is 14.2. The van der Waals surface area contributed by atoms with E-state index >= 15 is 0 Å². The van der Waals surface area contributed by atoms with Crippen molar-refractivity contribution in [2.75, 3.05) is 25.5 Å². The number of anilines is 1. The van der Waals surface area contributed by atoms with Crippen molar-refractivity contribution in [1.82, 2.24) is 10.8 Å². The average molecular weight is 361 g/mol. The van der Waals surface area contributed by atoms with Gasteiger partial charge in [-0.2, -0.15) is 0 Å². The topological polar surface area (TPSA) is 65.5 Å². The summed E-state index contributed by atoms with van der Waals surface area (Å²) >= 11 is 0. The molecule has 1 aromatic rings. The van der Waals surface area contributed by atoms with E-state index in [2.05, 4.69) is 40.9 Å². The Hall–Kier alpha value is -2.31. The maximum Gasteiger partial charge on any atom is 0.150 e. The van der Waals surface area contributed by atoms with Crippen LogP contribution in [0.1, 0.15) is 25.3 Å². The molecule has 26 heavy (non-hydrogen) atoms. The van der Waals surface area contributed by atoms with Gasteiger partial charge in [0.25, 0.3) is 0 Å². The Kier molecular flexibility index (Phi) is 7.69. The number of rotatable bonds is 11. The molecule has 4 N–H and O–H groups in total. The van der Waals surface area contributed by atoms with Crippen molar-refractivity contribution in [2.24, 2.45) is 5.92 Å². The Bertz CT molecular complexity index is 659. The molecule has 0 spiro atoms. The van der Waals surface area contributed by atoms with E-state index in [-0.39, 0.29) is 18.0 Å². The molecule has 142 valence electrons. The smallest absolute Gasteiger partial charge is 0.150 e. The second-order valence-electron chi connectivity index (χ2n) is 6.34. The molecule has 0 radical (unpaired) electrons. The van der Waals surface area contributed by atoms with E-state index in [1.165, 1.54) is 31.6 Å². The van der Waals surface area contributed by atoms with Gasteiger partial charge >= 0.3 is 0 Å². The molecule has 1 aliphatic rings. The first-order chi connectivity index (χ1) is 12.5. The molecule has 6 heteroatoms. The van der Waals surface area contributed by atoms with Gasteiger partial charge in [-0.1, -0.05) is 24.8 Å². The van der Waals surface area contributed by atoms with Crippen LogP contribution in [-0.4, -0.2) is 25.3 Å². The fourth-order valence-electron chi connectivity index (χ4n) is 2.69. The third kappa shape index (κ3) is 6.20. The highest BCUT2D eigenvalue weighted by Gasteiger charge is 2.23. The second-order valence-corrected chi connectivity index (χ2v) is 6.34. The molecule has 0 bridgehead atoms. The van der Waals surface area contributed by atoms with Gasteiger partial charge in [0.05, 0.1) is 13.7 Å². The fraction of sp³-hybridized carbons (Fsp3) is 0.400. The van der Waals surface area contributed by atoms with E-state index in [0.717, 1.165) is 0 Å². The maximum absolute atomic E-state index is 14.2. The summed E-state index contributed by atoms with van der Waals surface area (Å²) in [6.07, 6.45) is 8.90. The lowest BCUT2D eigenvalue weighted by molar-refractivity contribution is 0.118. The van der Waals surface area contributed by atoms with Crippen molar-refractivity contribution in [1.29, 1.82) is 0 Å². The first-order valence-electron chi connectivity index (χ1n) is 8.80. The third-order valence-corrected chi connectivity index (χ3v) is 4.07. The van der Waals surface area contributed by atoms with Crippen molar-refractivity contribution in [3.8, 4) is 5.75 Å². The minimum Gasteiger partial charge on any atom is -0.506 e. The van der Waals surface area contributed by atoms with Crippen LogP contribution in [0.5, 0.6) is 5.75 Å². The molecule has 0 amide bonds. The van der Waals surface area contributed by atoms with E-state index in [4.69, 9.17) is 4.84 Å².